The van der Waals surface area contributed by atoms with E-state index in [9.17, 15) is 5.53 Å². The Morgan fingerprint density at radius 1 is 0.468 bits per heavy atom. The number of hydrogen-bond acceptors (Lipinski definition) is 0. The van der Waals surface area contributed by atoms with E-state index in [1.165, 1.54) is 150 Å². The predicted molar refractivity (Wildman–Crippen MR) is 266 cm³/mol. The summed E-state index contributed by atoms with van der Waals surface area (Å²) in [6.45, 7) is 9.00. The van der Waals surface area contributed by atoms with E-state index >= 15 is 0 Å². The number of allylic oxidation sites excluding steroid dienone is 4. The van der Waals surface area contributed by atoms with Crippen LogP contribution in [-0.4, -0.2) is 4.70 Å². The van der Waals surface area contributed by atoms with Gasteiger partial charge in [0.2, 0.25) is 11.4 Å². The molecule has 5 rings (SSSR count). The Morgan fingerprint density at radius 2 is 0.935 bits per heavy atom. The van der Waals surface area contributed by atoms with Crippen molar-refractivity contribution in [2.45, 2.75) is 188 Å². The average Bonchev–Trinajstić information content (AvgIpc) is 3.57. The van der Waals surface area contributed by atoms with Crippen molar-refractivity contribution in [2.75, 3.05) is 0 Å². The van der Waals surface area contributed by atoms with Gasteiger partial charge in [-0.2, -0.15) is 72.8 Å². The first-order valence-electron chi connectivity index (χ1n) is 24.7. The van der Waals surface area contributed by atoms with Gasteiger partial charge in [0.15, 0.2) is 0 Å². The Kier molecular flexibility index (Phi) is 32.1. The van der Waals surface area contributed by atoms with E-state index in [4.69, 9.17) is 0 Å². The number of aryl methyl sites for hydroxylation is 2. The summed E-state index contributed by atoms with van der Waals surface area (Å²) in [5, 5.41) is 0. The number of unbranched alkanes of at least 4 members (excludes halogenated alkanes) is 18. The molecule has 338 valence electrons. The molecule has 0 unspecified atom stereocenters. The van der Waals surface area contributed by atoms with E-state index in [-0.39, 0.29) is 16.5 Å². The quantitative estimate of drug-likeness (QED) is 0.0179. The van der Waals surface area contributed by atoms with Crippen LogP contribution < -0.4 is 0 Å². The Bertz CT molecular complexity index is 1700. The summed E-state index contributed by atoms with van der Waals surface area (Å²) in [5.41, 5.74) is 21.7. The van der Waals surface area contributed by atoms with Crippen LogP contribution in [0.25, 0.3) is 16.9 Å². The molecule has 4 aromatic carbocycles. The Morgan fingerprint density at radius 3 is 1.42 bits per heavy atom. The van der Waals surface area contributed by atoms with Crippen molar-refractivity contribution in [2.24, 2.45) is 0 Å². The van der Waals surface area contributed by atoms with E-state index < -0.39 is 0 Å². The molecule has 0 atom stereocenters. The molecule has 0 aliphatic carbocycles. The molecule has 1 heterocycles. The fourth-order valence-electron chi connectivity index (χ4n) is 8.25. The monoisotopic (exact) mass is 877 g/mol. The van der Waals surface area contributed by atoms with Crippen LogP contribution in [0.3, 0.4) is 0 Å². The molecule has 0 amide bonds. The van der Waals surface area contributed by atoms with Crippen molar-refractivity contribution < 1.29 is 21.2 Å². The van der Waals surface area contributed by atoms with Gasteiger partial charge in [-0.1, -0.05) is 178 Å². The molecule has 62 heavy (non-hydrogen) atoms. The summed E-state index contributed by atoms with van der Waals surface area (Å²) in [5.74, 6) is 0. The fourth-order valence-corrected chi connectivity index (χ4v) is 8.25. The van der Waals surface area contributed by atoms with Crippen LogP contribution in [0.5, 0.6) is 0 Å². The van der Waals surface area contributed by atoms with Gasteiger partial charge in [-0.3, -0.25) is 0 Å². The maximum absolute atomic E-state index is 12.1. The number of nitrogens with zero attached hydrogens (tertiary/aromatic N) is 2. The Labute approximate surface area is 391 Å². The van der Waals surface area contributed by atoms with Crippen LogP contribution in [-0.2, 0) is 22.9 Å². The molecule has 0 spiro atoms. The van der Waals surface area contributed by atoms with E-state index in [0.717, 1.165) is 55.5 Å². The third-order valence-corrected chi connectivity index (χ3v) is 11.7. The van der Waals surface area contributed by atoms with Crippen molar-refractivity contribution >= 4 is 11.4 Å². The van der Waals surface area contributed by atoms with Crippen molar-refractivity contribution in [3.63, 3.8) is 0 Å². The van der Waals surface area contributed by atoms with Crippen LogP contribution in [0, 0.1) is 19.1 Å². The third-order valence-electron chi connectivity index (χ3n) is 11.7. The SMILES string of the molecule is CCCCCCCCCCCCCCCCC=CCCc1ccccc1C1=C(CCCCC)C(CCCCC)=C(c2cccc(C)c2)[N+]1=[N-].[Ni+2].[c-]1ccccc1.[c-]1ccccc1. The zero-order chi connectivity index (χ0) is 43.4. The van der Waals surface area contributed by atoms with Crippen molar-refractivity contribution in [1.29, 1.82) is 0 Å². The van der Waals surface area contributed by atoms with Gasteiger partial charge < -0.3 is 5.53 Å². The second-order valence-electron chi connectivity index (χ2n) is 17.0. The third kappa shape index (κ3) is 22.5. The van der Waals surface area contributed by atoms with Gasteiger partial charge in [0.25, 0.3) is 0 Å². The van der Waals surface area contributed by atoms with Crippen LogP contribution in [0.15, 0.2) is 132 Å². The summed E-state index contributed by atoms with van der Waals surface area (Å²) in [6.07, 6.45) is 37.0. The second-order valence-corrected chi connectivity index (χ2v) is 17.0. The maximum atomic E-state index is 12.1. The summed E-state index contributed by atoms with van der Waals surface area (Å²) >= 11 is 0. The molecule has 1 aliphatic heterocycles. The van der Waals surface area contributed by atoms with E-state index in [1.807, 2.05) is 60.7 Å². The van der Waals surface area contributed by atoms with Crippen LogP contribution in [0.2, 0.25) is 0 Å². The minimum absolute atomic E-state index is 0. The summed E-state index contributed by atoms with van der Waals surface area (Å²) < 4.78 is 1.57. The molecule has 0 N–H and O–H groups in total. The van der Waals surface area contributed by atoms with E-state index in [2.05, 4.69) is 101 Å². The zero-order valence-electron chi connectivity index (χ0n) is 39.4. The molecule has 0 aromatic heterocycles. The second kappa shape index (κ2) is 36.7. The molecule has 2 nitrogen and oxygen atoms in total. The van der Waals surface area contributed by atoms with Gasteiger partial charge in [-0.15, -0.1) is 0 Å². The topological polar surface area (TPSA) is 25.3 Å². The van der Waals surface area contributed by atoms with Crippen LogP contribution in [0.4, 0.5) is 0 Å². The Balaban J connectivity index is 0.000000869. The zero-order valence-corrected chi connectivity index (χ0v) is 40.4. The van der Waals surface area contributed by atoms with Crippen LogP contribution >= 0.6 is 0 Å². The summed E-state index contributed by atoms with van der Waals surface area (Å²) in [6, 6.07) is 42.5. The largest absolute Gasteiger partial charge is 2.00 e. The normalized spacial score (nSPS) is 12.2. The number of rotatable bonds is 28. The summed E-state index contributed by atoms with van der Waals surface area (Å²) in [4.78, 5) is 0. The molecular weight excluding hydrogens is 795 g/mol. The van der Waals surface area contributed by atoms with Gasteiger partial charge >= 0.3 is 16.5 Å². The van der Waals surface area contributed by atoms with Crippen molar-refractivity contribution in [3.05, 3.63) is 172 Å². The molecule has 3 heteroatoms. The van der Waals surface area contributed by atoms with Crippen molar-refractivity contribution in [1.82, 2.24) is 0 Å². The van der Waals surface area contributed by atoms with Gasteiger partial charge in [0.1, 0.15) is 0 Å². The molecule has 1 aliphatic rings. The minimum Gasteiger partial charge on any atom is -0.493 e. The molecule has 0 fully saturated rings. The van der Waals surface area contributed by atoms with Gasteiger partial charge in [-0.25, -0.2) is 4.70 Å². The average molecular weight is 878 g/mol. The van der Waals surface area contributed by atoms with Crippen molar-refractivity contribution in [3.8, 4) is 0 Å². The fraction of sp³-hybridized carbons (Fsp3) is 0.492. The predicted octanol–water partition coefficient (Wildman–Crippen LogP) is 18.7. The molecular formula is C59H82N2Ni. The first-order chi connectivity index (χ1) is 30.1. The number of hydrogen-bond donors (Lipinski definition) is 0. The first kappa shape index (κ1) is 54.3. The smallest absolute Gasteiger partial charge is 0.493 e. The first-order valence-corrected chi connectivity index (χ1v) is 24.7. The van der Waals surface area contributed by atoms with Gasteiger partial charge in [-0.05, 0) is 82.1 Å². The van der Waals surface area contributed by atoms with Crippen LogP contribution in [0.1, 0.15) is 197 Å². The molecule has 0 radical (unpaired) electrons. The Hall–Kier alpha value is -3.81. The number of benzene rings is 4. The standard InChI is InChI=1S/C47H72N2.2C6H5.Ni/c1-5-8-11-12-13-14-15-16-17-18-19-20-21-22-23-24-25-28-33-41-34-29-30-36-43(41)47-45(38-27-10-7-3)44(37-26-9-6-2)46(49(47)48)42-35-31-32-40(4)39-42;2*1-2-4-6-5-3-1;/h24-25,29-32,34-36,39H,5-23,26-28,33,37-38H2,1-4H3;2*1-5H;/q;2*-1;+2. The molecule has 4 aromatic rings. The van der Waals surface area contributed by atoms with Gasteiger partial charge in [0.05, 0.1) is 0 Å². The van der Waals surface area contributed by atoms with E-state index in [0.29, 0.717) is 0 Å². The molecule has 0 saturated carbocycles. The maximum Gasteiger partial charge on any atom is 2.00 e. The minimum atomic E-state index is 0. The van der Waals surface area contributed by atoms with E-state index in [1.54, 1.807) is 4.70 Å². The van der Waals surface area contributed by atoms with Gasteiger partial charge in [0, 0.05) is 22.3 Å². The molecule has 0 bridgehead atoms. The summed E-state index contributed by atoms with van der Waals surface area (Å²) in [7, 11) is 0. The molecule has 0 saturated heterocycles.